The normalized spacial score (nSPS) is 16.0. The van der Waals surface area contributed by atoms with E-state index in [0.29, 0.717) is 5.56 Å². The number of hydrogen-bond donors (Lipinski definition) is 0. The number of nitrogens with zero attached hydrogens (tertiary/aromatic N) is 1. The lowest BCUT2D eigenvalue weighted by Gasteiger charge is -2.05. The molecule has 0 unspecified atom stereocenters. The topological polar surface area (TPSA) is 47.9 Å². The summed E-state index contributed by atoms with van der Waals surface area (Å²) >= 11 is 1.50. The molecule has 0 radical (unpaired) electrons. The van der Waals surface area contributed by atoms with Crippen molar-refractivity contribution in [2.24, 2.45) is 4.99 Å². The summed E-state index contributed by atoms with van der Waals surface area (Å²) < 4.78 is 33.8. The van der Waals surface area contributed by atoms with E-state index in [1.165, 1.54) is 29.5 Å². The number of aliphatic imine (C=N–C) groups is 1. The third-order valence-corrected chi connectivity index (χ3v) is 3.47. The van der Waals surface area contributed by atoms with Gasteiger partial charge in [-0.25, -0.2) is 9.79 Å². The van der Waals surface area contributed by atoms with Gasteiger partial charge in [0.1, 0.15) is 5.75 Å². The lowest BCUT2D eigenvalue weighted by atomic mass is 10.2. The summed E-state index contributed by atoms with van der Waals surface area (Å²) in [5.41, 5.74) is 1.39. The van der Waals surface area contributed by atoms with Crippen molar-refractivity contribution in [3.63, 3.8) is 0 Å². The summed E-state index contributed by atoms with van der Waals surface area (Å²) in [6.07, 6.45) is 1.60. The molecule has 0 aliphatic carbocycles. The van der Waals surface area contributed by atoms with Crippen LogP contribution >= 0.6 is 11.3 Å². The highest BCUT2D eigenvalue weighted by atomic mass is 32.1. The highest BCUT2D eigenvalue weighted by molar-refractivity contribution is 7.08. The first kappa shape index (κ1) is 14.4. The molecule has 2 heterocycles. The van der Waals surface area contributed by atoms with Gasteiger partial charge in [-0.15, -0.1) is 0 Å². The molecule has 0 bridgehead atoms. The molecule has 0 saturated carbocycles. The van der Waals surface area contributed by atoms with E-state index >= 15 is 0 Å². The van der Waals surface area contributed by atoms with E-state index in [1.807, 2.05) is 16.8 Å². The average Bonchev–Trinajstić information content (AvgIpc) is 3.10. The Bertz CT molecular complexity index is 754. The van der Waals surface area contributed by atoms with Crippen LogP contribution in [0.15, 0.2) is 51.8 Å². The van der Waals surface area contributed by atoms with Crippen LogP contribution in [-0.4, -0.2) is 18.5 Å². The number of cyclic esters (lactones) is 1. The Hall–Kier alpha value is -2.54. The molecular formula is C15H9F2NO3S. The third kappa shape index (κ3) is 3.20. The average molecular weight is 321 g/mol. The first-order chi connectivity index (χ1) is 10.6. The monoisotopic (exact) mass is 321 g/mol. The number of carbonyl (C=O) groups excluding carboxylic acids is 1. The molecule has 0 N–H and O–H groups in total. The van der Waals surface area contributed by atoms with Gasteiger partial charge in [-0.2, -0.15) is 20.1 Å². The molecule has 0 spiro atoms. The quantitative estimate of drug-likeness (QED) is 0.637. The predicted octanol–water partition coefficient (Wildman–Crippen LogP) is 3.69. The maximum Gasteiger partial charge on any atom is 0.387 e. The molecule has 1 aromatic carbocycles. The van der Waals surface area contributed by atoms with Gasteiger partial charge in [0.2, 0.25) is 5.90 Å². The fraction of sp³-hybridized carbons (Fsp3) is 0.0667. The summed E-state index contributed by atoms with van der Waals surface area (Å²) in [4.78, 5) is 15.9. The maximum atomic E-state index is 12.2. The predicted molar refractivity (Wildman–Crippen MR) is 78.0 cm³/mol. The van der Waals surface area contributed by atoms with Gasteiger partial charge in [0, 0.05) is 5.56 Å². The zero-order valence-corrected chi connectivity index (χ0v) is 11.8. The summed E-state index contributed by atoms with van der Waals surface area (Å²) in [6.45, 7) is -2.92. The Morgan fingerprint density at radius 1 is 1.32 bits per heavy atom. The first-order valence-electron chi connectivity index (χ1n) is 6.22. The molecule has 0 saturated heterocycles. The number of benzene rings is 1. The van der Waals surface area contributed by atoms with E-state index < -0.39 is 12.6 Å². The second-order valence-electron chi connectivity index (χ2n) is 4.30. The lowest BCUT2D eigenvalue weighted by Crippen LogP contribution is -2.07. The van der Waals surface area contributed by atoms with Crippen molar-refractivity contribution in [1.82, 2.24) is 0 Å². The fourth-order valence-corrected chi connectivity index (χ4v) is 2.47. The number of alkyl halides is 2. The zero-order valence-electron chi connectivity index (χ0n) is 11.0. The van der Waals surface area contributed by atoms with E-state index in [0.717, 1.165) is 5.56 Å². The first-order valence-corrected chi connectivity index (χ1v) is 7.16. The Morgan fingerprint density at radius 2 is 2.18 bits per heavy atom. The Labute approximate surface area is 128 Å². The molecule has 112 valence electrons. The van der Waals surface area contributed by atoms with Crippen LogP contribution in [0.5, 0.6) is 5.75 Å². The van der Waals surface area contributed by atoms with Gasteiger partial charge < -0.3 is 9.47 Å². The highest BCUT2D eigenvalue weighted by Crippen LogP contribution is 2.23. The molecule has 0 amide bonds. The van der Waals surface area contributed by atoms with Crippen molar-refractivity contribution < 1.29 is 23.0 Å². The van der Waals surface area contributed by atoms with Crippen molar-refractivity contribution in [2.45, 2.75) is 6.61 Å². The minimum absolute atomic E-state index is 0.0264. The maximum absolute atomic E-state index is 12.2. The van der Waals surface area contributed by atoms with Crippen LogP contribution in [0.2, 0.25) is 0 Å². The molecule has 22 heavy (non-hydrogen) atoms. The summed E-state index contributed by atoms with van der Waals surface area (Å²) in [5, 5.41) is 3.74. The second-order valence-corrected chi connectivity index (χ2v) is 5.08. The SMILES string of the molecule is O=C1OC(c2cccc(OC(F)F)c2)=N/C1=C\c1ccsc1. The number of rotatable bonds is 4. The molecule has 7 heteroatoms. The van der Waals surface area contributed by atoms with Crippen molar-refractivity contribution in [1.29, 1.82) is 0 Å². The molecule has 0 fully saturated rings. The van der Waals surface area contributed by atoms with E-state index in [4.69, 9.17) is 4.74 Å². The van der Waals surface area contributed by atoms with Crippen molar-refractivity contribution >= 4 is 29.3 Å². The van der Waals surface area contributed by atoms with Crippen LogP contribution in [0.4, 0.5) is 8.78 Å². The van der Waals surface area contributed by atoms with Crippen molar-refractivity contribution in [3.8, 4) is 5.75 Å². The number of halogens is 2. The number of ether oxygens (including phenoxy) is 2. The van der Waals surface area contributed by atoms with Gasteiger partial charge in [-0.3, -0.25) is 0 Å². The largest absolute Gasteiger partial charge is 0.435 e. The molecule has 3 rings (SSSR count). The minimum Gasteiger partial charge on any atom is -0.435 e. The second kappa shape index (κ2) is 6.07. The van der Waals surface area contributed by atoms with Gasteiger partial charge in [-0.05, 0) is 46.7 Å². The fourth-order valence-electron chi connectivity index (χ4n) is 1.85. The summed E-state index contributed by atoms with van der Waals surface area (Å²) in [5.74, 6) is -0.547. The van der Waals surface area contributed by atoms with Crippen molar-refractivity contribution in [3.05, 3.63) is 57.9 Å². The minimum atomic E-state index is -2.92. The van der Waals surface area contributed by atoms with Crippen LogP contribution in [0, 0.1) is 0 Å². The number of carbonyl (C=O) groups is 1. The van der Waals surface area contributed by atoms with Gasteiger partial charge in [0.05, 0.1) is 0 Å². The van der Waals surface area contributed by atoms with E-state index in [1.54, 1.807) is 12.1 Å². The lowest BCUT2D eigenvalue weighted by molar-refractivity contribution is -0.129. The van der Waals surface area contributed by atoms with Gasteiger partial charge in [-0.1, -0.05) is 6.07 Å². The number of thiophene rings is 1. The molecule has 1 aliphatic rings. The smallest absolute Gasteiger partial charge is 0.387 e. The Balaban J connectivity index is 1.88. The van der Waals surface area contributed by atoms with Gasteiger partial charge >= 0.3 is 12.6 Å². The summed E-state index contributed by atoms with van der Waals surface area (Å²) in [7, 11) is 0. The molecule has 1 aromatic heterocycles. The summed E-state index contributed by atoms with van der Waals surface area (Å²) in [6, 6.07) is 7.68. The third-order valence-electron chi connectivity index (χ3n) is 2.77. The van der Waals surface area contributed by atoms with E-state index in [2.05, 4.69) is 9.73 Å². The van der Waals surface area contributed by atoms with Crippen LogP contribution < -0.4 is 4.74 Å². The van der Waals surface area contributed by atoms with E-state index in [-0.39, 0.29) is 17.3 Å². The van der Waals surface area contributed by atoms with Crippen LogP contribution in [-0.2, 0) is 9.53 Å². The number of hydrogen-bond acceptors (Lipinski definition) is 5. The Morgan fingerprint density at radius 3 is 2.91 bits per heavy atom. The molecule has 2 aromatic rings. The standard InChI is InChI=1S/C15H9F2NO3S/c16-15(17)20-11-3-1-2-10(7-11)13-18-12(14(19)21-13)6-9-4-5-22-8-9/h1-8,15H/b12-6-. The van der Waals surface area contributed by atoms with Crippen LogP contribution in [0.1, 0.15) is 11.1 Å². The van der Waals surface area contributed by atoms with Gasteiger partial charge in [0.25, 0.3) is 0 Å². The molecule has 4 nitrogen and oxygen atoms in total. The highest BCUT2D eigenvalue weighted by Gasteiger charge is 2.24. The van der Waals surface area contributed by atoms with Crippen LogP contribution in [0.25, 0.3) is 6.08 Å². The van der Waals surface area contributed by atoms with E-state index in [9.17, 15) is 13.6 Å². The van der Waals surface area contributed by atoms with Gasteiger partial charge in [0.15, 0.2) is 5.70 Å². The molecule has 1 aliphatic heterocycles. The van der Waals surface area contributed by atoms with Crippen molar-refractivity contribution in [2.75, 3.05) is 0 Å². The van der Waals surface area contributed by atoms with Crippen LogP contribution in [0.3, 0.4) is 0 Å². The molecular weight excluding hydrogens is 312 g/mol. The molecule has 0 atom stereocenters. The Kier molecular flexibility index (Phi) is 3.97. The number of esters is 1. The zero-order chi connectivity index (χ0) is 15.5.